The highest BCUT2D eigenvalue weighted by Gasteiger charge is 2.33. The van der Waals surface area contributed by atoms with Crippen molar-refractivity contribution < 1.29 is 18.0 Å². The summed E-state index contributed by atoms with van der Waals surface area (Å²) in [5, 5.41) is 3.31. The predicted octanol–water partition coefficient (Wildman–Crippen LogP) is 5.22. The Morgan fingerprint density at radius 2 is 1.54 bits per heavy atom. The Morgan fingerprint density at radius 3 is 2.10 bits per heavy atom. The molecule has 7 nitrogen and oxygen atoms in total. The molecule has 3 aromatic carbocycles. The number of carbonyl (C=O) groups excluding carboxylic acids is 2. The minimum Gasteiger partial charge on any atom is -0.352 e. The van der Waals surface area contributed by atoms with Crippen molar-refractivity contribution >= 4 is 39.1 Å². The van der Waals surface area contributed by atoms with Crippen LogP contribution in [-0.2, 0) is 26.0 Å². The third-order valence-corrected chi connectivity index (χ3v) is 8.34. The molecule has 0 spiro atoms. The zero-order valence-corrected chi connectivity index (χ0v) is 24.4. The van der Waals surface area contributed by atoms with Crippen molar-refractivity contribution in [3.05, 3.63) is 95.0 Å². The number of aryl methyl sites for hydroxylation is 1. The lowest BCUT2D eigenvalue weighted by atomic mass is 10.1. The first-order valence-electron chi connectivity index (χ1n) is 13.0. The lowest BCUT2D eigenvalue weighted by molar-refractivity contribution is -0.139. The normalized spacial score (nSPS) is 12.2. The van der Waals surface area contributed by atoms with Gasteiger partial charge in [-0.2, -0.15) is 0 Å². The van der Waals surface area contributed by atoms with Crippen LogP contribution in [0.5, 0.6) is 0 Å². The van der Waals surface area contributed by atoms with Gasteiger partial charge < -0.3 is 10.2 Å². The maximum absolute atomic E-state index is 14.0. The average molecular weight is 570 g/mol. The zero-order valence-electron chi connectivity index (χ0n) is 22.8. The first-order chi connectivity index (χ1) is 18.5. The van der Waals surface area contributed by atoms with Crippen LogP contribution >= 0.6 is 11.6 Å². The Bertz CT molecular complexity index is 1350. The fraction of sp³-hybridized carbons (Fsp3) is 0.333. The van der Waals surface area contributed by atoms with Crippen LogP contribution in [0.15, 0.2) is 83.8 Å². The van der Waals surface area contributed by atoms with Crippen molar-refractivity contribution in [1.82, 2.24) is 10.2 Å². The zero-order chi connectivity index (χ0) is 28.6. The van der Waals surface area contributed by atoms with Crippen LogP contribution in [0, 0.1) is 6.92 Å². The van der Waals surface area contributed by atoms with Crippen LogP contribution in [0.1, 0.15) is 38.3 Å². The van der Waals surface area contributed by atoms with Crippen LogP contribution < -0.4 is 9.62 Å². The summed E-state index contributed by atoms with van der Waals surface area (Å²) < 4.78 is 28.7. The van der Waals surface area contributed by atoms with E-state index < -0.39 is 28.5 Å². The van der Waals surface area contributed by atoms with Crippen molar-refractivity contribution in [2.75, 3.05) is 17.4 Å². The van der Waals surface area contributed by atoms with Crippen LogP contribution in [-0.4, -0.2) is 50.3 Å². The first-order valence-corrected chi connectivity index (χ1v) is 14.8. The molecule has 0 aliphatic rings. The van der Waals surface area contributed by atoms with E-state index in [0.29, 0.717) is 23.6 Å². The molecule has 0 radical (unpaired) electrons. The van der Waals surface area contributed by atoms with Gasteiger partial charge in [0, 0.05) is 17.6 Å². The summed E-state index contributed by atoms with van der Waals surface area (Å²) in [6.45, 7) is 7.26. The topological polar surface area (TPSA) is 86.8 Å². The fourth-order valence-electron chi connectivity index (χ4n) is 4.25. The van der Waals surface area contributed by atoms with Crippen LogP contribution in [0.3, 0.4) is 0 Å². The standard InChI is InChI=1S/C30H36ClN3O4S/c1-5-28(30(36)32-22(2)3)33(20-19-24-9-7-6-8-10-24)29(35)21-34(26-15-11-23(4)12-16-26)39(37,38)27-17-13-25(31)14-18-27/h6-18,22,28H,5,19-21H2,1-4H3,(H,32,36)/t28-/m0/s1. The van der Waals surface area contributed by atoms with Crippen LogP contribution in [0.2, 0.25) is 5.02 Å². The number of anilines is 1. The summed E-state index contributed by atoms with van der Waals surface area (Å²) in [4.78, 5) is 28.6. The van der Waals surface area contributed by atoms with Crippen molar-refractivity contribution in [1.29, 1.82) is 0 Å². The van der Waals surface area contributed by atoms with E-state index in [1.54, 1.807) is 24.3 Å². The van der Waals surface area contributed by atoms with Gasteiger partial charge >= 0.3 is 0 Å². The Labute approximate surface area is 236 Å². The molecule has 3 aromatic rings. The van der Waals surface area contributed by atoms with Crippen molar-refractivity contribution in [3.8, 4) is 0 Å². The number of nitrogens with one attached hydrogen (secondary N) is 1. The monoisotopic (exact) mass is 569 g/mol. The Morgan fingerprint density at radius 1 is 0.923 bits per heavy atom. The summed E-state index contributed by atoms with van der Waals surface area (Å²) in [6, 6.07) is 21.6. The van der Waals surface area contributed by atoms with E-state index in [9.17, 15) is 18.0 Å². The maximum Gasteiger partial charge on any atom is 0.264 e. The molecule has 0 heterocycles. The molecule has 9 heteroatoms. The molecule has 1 N–H and O–H groups in total. The molecule has 0 saturated carbocycles. The number of halogens is 1. The fourth-order valence-corrected chi connectivity index (χ4v) is 5.79. The van der Waals surface area contributed by atoms with Gasteiger partial charge in [0.15, 0.2) is 0 Å². The second-order valence-electron chi connectivity index (χ2n) is 9.71. The Hall–Kier alpha value is -3.36. The molecule has 1 atom stereocenters. The van der Waals surface area contributed by atoms with E-state index in [-0.39, 0.29) is 23.4 Å². The number of nitrogens with zero attached hydrogens (tertiary/aromatic N) is 2. The van der Waals surface area contributed by atoms with Gasteiger partial charge in [-0.15, -0.1) is 0 Å². The first kappa shape index (κ1) is 30.2. The maximum atomic E-state index is 14.0. The molecule has 0 aromatic heterocycles. The lowest BCUT2D eigenvalue weighted by Crippen LogP contribution is -2.54. The minimum absolute atomic E-state index is 0.0145. The number of sulfonamides is 1. The van der Waals surface area contributed by atoms with Gasteiger partial charge in [0.1, 0.15) is 12.6 Å². The predicted molar refractivity (Wildman–Crippen MR) is 156 cm³/mol. The lowest BCUT2D eigenvalue weighted by Gasteiger charge is -2.33. The van der Waals surface area contributed by atoms with Gasteiger partial charge in [0.05, 0.1) is 10.6 Å². The van der Waals surface area contributed by atoms with Gasteiger partial charge in [-0.25, -0.2) is 8.42 Å². The van der Waals surface area contributed by atoms with Crippen molar-refractivity contribution in [2.45, 2.75) is 57.5 Å². The highest BCUT2D eigenvalue weighted by atomic mass is 35.5. The van der Waals surface area contributed by atoms with Crippen LogP contribution in [0.25, 0.3) is 0 Å². The van der Waals surface area contributed by atoms with E-state index in [4.69, 9.17) is 11.6 Å². The molecule has 0 fully saturated rings. The highest BCUT2D eigenvalue weighted by Crippen LogP contribution is 2.26. The van der Waals surface area contributed by atoms with E-state index in [2.05, 4.69) is 5.32 Å². The molecule has 2 amide bonds. The molecule has 39 heavy (non-hydrogen) atoms. The average Bonchev–Trinajstić information content (AvgIpc) is 2.90. The third-order valence-electron chi connectivity index (χ3n) is 6.30. The minimum atomic E-state index is -4.12. The number of hydrogen-bond acceptors (Lipinski definition) is 4. The second kappa shape index (κ2) is 13.6. The largest absolute Gasteiger partial charge is 0.352 e. The van der Waals surface area contributed by atoms with Crippen molar-refractivity contribution in [3.63, 3.8) is 0 Å². The Balaban J connectivity index is 2.00. The molecular weight excluding hydrogens is 534 g/mol. The SMILES string of the molecule is CC[C@@H](C(=O)NC(C)C)N(CCc1ccccc1)C(=O)CN(c1ccc(C)cc1)S(=O)(=O)c1ccc(Cl)cc1. The summed E-state index contributed by atoms with van der Waals surface area (Å²) >= 11 is 6.00. The molecule has 0 aliphatic heterocycles. The number of amides is 2. The Kier molecular flexibility index (Phi) is 10.5. The van der Waals surface area contributed by atoms with E-state index >= 15 is 0 Å². The smallest absolute Gasteiger partial charge is 0.264 e. The number of benzene rings is 3. The molecule has 0 unspecified atom stereocenters. The molecule has 0 aliphatic carbocycles. The van der Waals surface area contributed by atoms with Gasteiger partial charge in [-0.3, -0.25) is 13.9 Å². The summed E-state index contributed by atoms with van der Waals surface area (Å²) in [7, 11) is -4.12. The molecule has 0 saturated heterocycles. The molecular formula is C30H36ClN3O4S. The number of carbonyl (C=O) groups is 2. The number of rotatable bonds is 12. The molecule has 208 valence electrons. The van der Waals surface area contributed by atoms with E-state index in [1.807, 2.05) is 58.0 Å². The highest BCUT2D eigenvalue weighted by molar-refractivity contribution is 7.92. The summed E-state index contributed by atoms with van der Waals surface area (Å²) in [5.41, 5.74) is 2.32. The van der Waals surface area contributed by atoms with E-state index in [1.165, 1.54) is 29.2 Å². The van der Waals surface area contributed by atoms with Crippen LogP contribution in [0.4, 0.5) is 5.69 Å². The van der Waals surface area contributed by atoms with Gasteiger partial charge in [0.2, 0.25) is 11.8 Å². The van der Waals surface area contributed by atoms with E-state index in [0.717, 1.165) is 15.4 Å². The molecule has 3 rings (SSSR count). The second-order valence-corrected chi connectivity index (χ2v) is 12.0. The number of hydrogen-bond donors (Lipinski definition) is 1. The van der Waals surface area contributed by atoms with Gasteiger partial charge in [0.25, 0.3) is 10.0 Å². The van der Waals surface area contributed by atoms with Gasteiger partial charge in [-0.1, -0.05) is 66.6 Å². The third kappa shape index (κ3) is 8.07. The molecule has 0 bridgehead atoms. The quantitative estimate of drug-likeness (QED) is 0.324. The summed E-state index contributed by atoms with van der Waals surface area (Å²) in [6.07, 6.45) is 0.903. The van der Waals surface area contributed by atoms with Gasteiger partial charge in [-0.05, 0) is 75.6 Å². The van der Waals surface area contributed by atoms with Crippen molar-refractivity contribution in [2.24, 2.45) is 0 Å². The summed E-state index contributed by atoms with van der Waals surface area (Å²) in [5.74, 6) is -0.730.